The molecule has 0 bridgehead atoms. The third-order valence-electron chi connectivity index (χ3n) is 5.39. The van der Waals surface area contributed by atoms with E-state index in [0.29, 0.717) is 18.3 Å². The molecule has 1 saturated carbocycles. The van der Waals surface area contributed by atoms with Crippen molar-refractivity contribution in [2.24, 2.45) is 11.8 Å². The van der Waals surface area contributed by atoms with E-state index in [1.165, 1.54) is 11.3 Å². The minimum atomic E-state index is -0.159. The summed E-state index contributed by atoms with van der Waals surface area (Å²) in [5.74, 6) is 1.08. The van der Waals surface area contributed by atoms with E-state index in [1.807, 2.05) is 34.5 Å². The second kappa shape index (κ2) is 8.95. The van der Waals surface area contributed by atoms with Gasteiger partial charge in [0, 0.05) is 30.0 Å². The van der Waals surface area contributed by atoms with Crippen LogP contribution in [0.15, 0.2) is 29.6 Å². The second-order valence-electron chi connectivity index (χ2n) is 7.80. The second-order valence-corrected chi connectivity index (χ2v) is 8.66. The fourth-order valence-corrected chi connectivity index (χ4v) is 4.32. The molecule has 2 aromatic rings. The molecule has 1 aromatic carbocycles. The molecule has 29 heavy (non-hydrogen) atoms. The number of anilines is 1. The Labute approximate surface area is 175 Å². The molecule has 1 unspecified atom stereocenters. The third-order valence-corrected chi connectivity index (χ3v) is 6.15. The monoisotopic (exact) mass is 413 g/mol. The number of aromatic nitrogens is 1. The van der Waals surface area contributed by atoms with Crippen LogP contribution in [0.5, 0.6) is 5.75 Å². The molecule has 4 rings (SSSR count). The number of carbonyl (C=O) groups excluding carboxylic acids is 2. The van der Waals surface area contributed by atoms with Crippen LogP contribution in [-0.2, 0) is 9.59 Å². The molecule has 154 valence electrons. The molecule has 7 heteroatoms. The number of piperidine rings is 1. The zero-order valence-corrected chi connectivity index (χ0v) is 17.5. The maximum atomic E-state index is 12.7. The highest BCUT2D eigenvalue weighted by atomic mass is 32.1. The Morgan fingerprint density at radius 2 is 2.00 bits per heavy atom. The number of rotatable bonds is 7. The lowest BCUT2D eigenvalue weighted by Crippen LogP contribution is -2.44. The molecule has 2 amide bonds. The van der Waals surface area contributed by atoms with Gasteiger partial charge in [-0.25, -0.2) is 4.98 Å². The first-order valence-corrected chi connectivity index (χ1v) is 11.3. The summed E-state index contributed by atoms with van der Waals surface area (Å²) in [6.07, 6.45) is 4.67. The third kappa shape index (κ3) is 4.96. The van der Waals surface area contributed by atoms with Crippen molar-refractivity contribution in [1.82, 2.24) is 9.88 Å². The van der Waals surface area contributed by atoms with E-state index in [0.717, 1.165) is 55.7 Å². The number of thiazole rings is 1. The molecular formula is C22H27N3O3S. The standard InChI is InChI=1S/C22H27N3O3S/c1-2-12-28-18-9-7-15(8-10-18)19-14-29-22(23-19)24-20(26)17-4-3-11-25(13-17)21(27)16-5-6-16/h7-10,14,16-17H,2-6,11-13H2,1H3,(H,23,24,26). The van der Waals surface area contributed by atoms with Gasteiger partial charge in [-0.05, 0) is 56.4 Å². The molecule has 2 fully saturated rings. The molecular weight excluding hydrogens is 386 g/mol. The van der Waals surface area contributed by atoms with Crippen LogP contribution in [0.4, 0.5) is 5.13 Å². The van der Waals surface area contributed by atoms with Gasteiger partial charge < -0.3 is 15.0 Å². The quantitative estimate of drug-likeness (QED) is 0.739. The fourth-order valence-electron chi connectivity index (χ4n) is 3.59. The zero-order chi connectivity index (χ0) is 20.2. The average Bonchev–Trinajstić information content (AvgIpc) is 3.51. The first kappa shape index (κ1) is 19.9. The first-order valence-electron chi connectivity index (χ1n) is 10.4. The van der Waals surface area contributed by atoms with Crippen LogP contribution in [0.3, 0.4) is 0 Å². The molecule has 1 N–H and O–H groups in total. The number of carbonyl (C=O) groups is 2. The van der Waals surface area contributed by atoms with Crippen molar-refractivity contribution in [2.75, 3.05) is 25.0 Å². The van der Waals surface area contributed by atoms with Crippen LogP contribution in [0.25, 0.3) is 11.3 Å². The van der Waals surface area contributed by atoms with Crippen LogP contribution in [0.2, 0.25) is 0 Å². The molecule has 1 aliphatic heterocycles. The van der Waals surface area contributed by atoms with Gasteiger partial charge in [-0.1, -0.05) is 6.92 Å². The Balaban J connectivity index is 1.34. The van der Waals surface area contributed by atoms with Crippen LogP contribution in [0, 0.1) is 11.8 Å². The van der Waals surface area contributed by atoms with E-state index in [2.05, 4.69) is 17.2 Å². The van der Waals surface area contributed by atoms with E-state index in [9.17, 15) is 9.59 Å². The Hall–Kier alpha value is -2.41. The van der Waals surface area contributed by atoms with Crippen molar-refractivity contribution in [3.63, 3.8) is 0 Å². The molecule has 1 atom stereocenters. The maximum absolute atomic E-state index is 12.7. The molecule has 1 aromatic heterocycles. The van der Waals surface area contributed by atoms with Crippen molar-refractivity contribution in [3.8, 4) is 17.0 Å². The van der Waals surface area contributed by atoms with Crippen LogP contribution < -0.4 is 10.1 Å². The molecule has 6 nitrogen and oxygen atoms in total. The van der Waals surface area contributed by atoms with E-state index in [1.54, 1.807) is 0 Å². The van der Waals surface area contributed by atoms with Gasteiger partial charge in [0.2, 0.25) is 11.8 Å². The number of nitrogens with one attached hydrogen (secondary N) is 1. The molecule has 0 spiro atoms. The van der Waals surface area contributed by atoms with Crippen LogP contribution >= 0.6 is 11.3 Å². The van der Waals surface area contributed by atoms with Crippen molar-refractivity contribution in [2.45, 2.75) is 39.0 Å². The van der Waals surface area contributed by atoms with E-state index in [4.69, 9.17) is 4.74 Å². The normalized spacial score (nSPS) is 19.1. The summed E-state index contributed by atoms with van der Waals surface area (Å²) in [6, 6.07) is 7.84. The predicted octanol–water partition coefficient (Wildman–Crippen LogP) is 4.19. The van der Waals surface area contributed by atoms with Gasteiger partial charge in [0.25, 0.3) is 0 Å². The summed E-state index contributed by atoms with van der Waals surface area (Å²) < 4.78 is 5.61. The van der Waals surface area contributed by atoms with Gasteiger partial charge in [-0.15, -0.1) is 11.3 Å². The number of nitrogens with zero attached hydrogens (tertiary/aromatic N) is 2. The first-order chi connectivity index (χ1) is 14.1. The molecule has 0 radical (unpaired) electrons. The summed E-state index contributed by atoms with van der Waals surface area (Å²) in [4.78, 5) is 31.5. The van der Waals surface area contributed by atoms with Crippen molar-refractivity contribution < 1.29 is 14.3 Å². The minimum absolute atomic E-state index is 0.0393. The highest BCUT2D eigenvalue weighted by Gasteiger charge is 2.36. The average molecular weight is 414 g/mol. The Morgan fingerprint density at radius 3 is 2.72 bits per heavy atom. The topological polar surface area (TPSA) is 71.5 Å². The fraction of sp³-hybridized carbons (Fsp3) is 0.500. The van der Waals surface area contributed by atoms with Crippen molar-refractivity contribution in [3.05, 3.63) is 29.6 Å². The Bertz CT molecular complexity index is 860. The van der Waals surface area contributed by atoms with Gasteiger partial charge in [0.1, 0.15) is 5.75 Å². The van der Waals surface area contributed by atoms with E-state index >= 15 is 0 Å². The lowest BCUT2D eigenvalue weighted by atomic mass is 9.97. The number of hydrogen-bond acceptors (Lipinski definition) is 5. The molecule has 2 heterocycles. The molecule has 1 saturated heterocycles. The Kier molecular flexibility index (Phi) is 6.13. The highest BCUT2D eigenvalue weighted by Crippen LogP contribution is 2.33. The lowest BCUT2D eigenvalue weighted by molar-refractivity contribution is -0.135. The maximum Gasteiger partial charge on any atom is 0.231 e. The Morgan fingerprint density at radius 1 is 1.21 bits per heavy atom. The van der Waals surface area contributed by atoms with E-state index < -0.39 is 0 Å². The molecule has 2 aliphatic rings. The number of amides is 2. The van der Waals surface area contributed by atoms with Crippen molar-refractivity contribution >= 4 is 28.3 Å². The van der Waals surface area contributed by atoms with Gasteiger partial charge in [0.15, 0.2) is 5.13 Å². The van der Waals surface area contributed by atoms with Gasteiger partial charge in [0.05, 0.1) is 18.2 Å². The SMILES string of the molecule is CCCOc1ccc(-c2csc(NC(=O)C3CCCN(C(=O)C4CC4)C3)n2)cc1. The summed E-state index contributed by atoms with van der Waals surface area (Å²) >= 11 is 1.42. The largest absolute Gasteiger partial charge is 0.494 e. The van der Waals surface area contributed by atoms with Gasteiger partial charge >= 0.3 is 0 Å². The van der Waals surface area contributed by atoms with Crippen molar-refractivity contribution in [1.29, 1.82) is 0 Å². The minimum Gasteiger partial charge on any atom is -0.494 e. The number of likely N-dealkylation sites (tertiary alicyclic amines) is 1. The summed E-state index contributed by atoms with van der Waals surface area (Å²) in [5, 5.41) is 5.50. The van der Waals surface area contributed by atoms with Gasteiger partial charge in [-0.2, -0.15) is 0 Å². The smallest absolute Gasteiger partial charge is 0.231 e. The summed E-state index contributed by atoms with van der Waals surface area (Å²) in [6.45, 7) is 4.09. The highest BCUT2D eigenvalue weighted by molar-refractivity contribution is 7.14. The van der Waals surface area contributed by atoms with E-state index in [-0.39, 0.29) is 23.7 Å². The zero-order valence-electron chi connectivity index (χ0n) is 16.7. The predicted molar refractivity (Wildman–Crippen MR) is 114 cm³/mol. The number of hydrogen-bond donors (Lipinski definition) is 1. The number of ether oxygens (including phenoxy) is 1. The van der Waals surface area contributed by atoms with Crippen LogP contribution in [-0.4, -0.2) is 41.4 Å². The lowest BCUT2D eigenvalue weighted by Gasteiger charge is -2.32. The summed E-state index contributed by atoms with van der Waals surface area (Å²) in [7, 11) is 0. The molecule has 1 aliphatic carbocycles. The van der Waals surface area contributed by atoms with Gasteiger partial charge in [-0.3, -0.25) is 9.59 Å². The van der Waals surface area contributed by atoms with Crippen LogP contribution in [0.1, 0.15) is 39.0 Å². The number of benzene rings is 1. The summed E-state index contributed by atoms with van der Waals surface area (Å²) in [5.41, 5.74) is 1.82.